The van der Waals surface area contributed by atoms with Gasteiger partial charge in [-0.25, -0.2) is 0 Å². The first kappa shape index (κ1) is 15.0. The van der Waals surface area contributed by atoms with E-state index in [1.54, 1.807) is 0 Å². The third-order valence-corrected chi connectivity index (χ3v) is 4.23. The SMILES string of the molecule is CC(C)C(CCBr)NC(=O)CC1CCCCC1. The van der Waals surface area contributed by atoms with Gasteiger partial charge < -0.3 is 5.32 Å². The first-order chi connectivity index (χ1) is 8.13. The molecule has 2 nitrogen and oxygen atoms in total. The van der Waals surface area contributed by atoms with Crippen LogP contribution < -0.4 is 5.32 Å². The Morgan fingerprint density at radius 3 is 2.47 bits per heavy atom. The topological polar surface area (TPSA) is 29.1 Å². The van der Waals surface area contributed by atoms with Gasteiger partial charge in [0.15, 0.2) is 0 Å². The van der Waals surface area contributed by atoms with Crippen LogP contribution in [0.5, 0.6) is 0 Å². The van der Waals surface area contributed by atoms with Crippen LogP contribution in [0.3, 0.4) is 0 Å². The quantitative estimate of drug-likeness (QED) is 0.741. The molecule has 0 spiro atoms. The Kier molecular flexibility index (Phi) is 7.17. The summed E-state index contributed by atoms with van der Waals surface area (Å²) in [5.41, 5.74) is 0. The van der Waals surface area contributed by atoms with Crippen LogP contribution in [0, 0.1) is 11.8 Å². The average molecular weight is 304 g/mol. The fraction of sp³-hybridized carbons (Fsp3) is 0.929. The maximum absolute atomic E-state index is 12.0. The van der Waals surface area contributed by atoms with Crippen LogP contribution in [0.4, 0.5) is 0 Å². The van der Waals surface area contributed by atoms with E-state index in [-0.39, 0.29) is 5.91 Å². The minimum Gasteiger partial charge on any atom is -0.353 e. The molecule has 100 valence electrons. The molecule has 1 amide bonds. The highest BCUT2D eigenvalue weighted by molar-refractivity contribution is 9.09. The molecule has 1 aliphatic carbocycles. The highest BCUT2D eigenvalue weighted by Crippen LogP contribution is 2.26. The Morgan fingerprint density at radius 2 is 1.94 bits per heavy atom. The zero-order chi connectivity index (χ0) is 12.7. The fourth-order valence-corrected chi connectivity index (χ4v) is 3.10. The Bertz CT molecular complexity index is 224. The summed E-state index contributed by atoms with van der Waals surface area (Å²) in [4.78, 5) is 12.0. The summed E-state index contributed by atoms with van der Waals surface area (Å²) in [6.45, 7) is 4.35. The Balaban J connectivity index is 2.30. The summed E-state index contributed by atoms with van der Waals surface area (Å²) >= 11 is 3.46. The van der Waals surface area contributed by atoms with E-state index in [0.29, 0.717) is 17.9 Å². The molecule has 0 bridgehead atoms. The number of amides is 1. The summed E-state index contributed by atoms with van der Waals surface area (Å²) in [6, 6.07) is 0.325. The third kappa shape index (κ3) is 5.89. The average Bonchev–Trinajstić information content (AvgIpc) is 2.29. The van der Waals surface area contributed by atoms with Crippen molar-refractivity contribution in [3.8, 4) is 0 Å². The van der Waals surface area contributed by atoms with Crippen molar-refractivity contribution >= 4 is 21.8 Å². The van der Waals surface area contributed by atoms with E-state index in [1.165, 1.54) is 32.1 Å². The van der Waals surface area contributed by atoms with Crippen LogP contribution in [0.15, 0.2) is 0 Å². The van der Waals surface area contributed by atoms with Crippen LogP contribution in [0.25, 0.3) is 0 Å². The van der Waals surface area contributed by atoms with E-state index in [2.05, 4.69) is 35.1 Å². The Hall–Kier alpha value is -0.0500. The third-order valence-electron chi connectivity index (χ3n) is 3.77. The van der Waals surface area contributed by atoms with Crippen LogP contribution in [0.1, 0.15) is 58.8 Å². The van der Waals surface area contributed by atoms with Gasteiger partial charge in [-0.05, 0) is 31.1 Å². The lowest BCUT2D eigenvalue weighted by Crippen LogP contribution is -2.39. The van der Waals surface area contributed by atoms with Crippen molar-refractivity contribution in [1.29, 1.82) is 0 Å². The molecule has 1 atom stereocenters. The van der Waals surface area contributed by atoms with Gasteiger partial charge in [-0.15, -0.1) is 0 Å². The Labute approximate surface area is 114 Å². The van der Waals surface area contributed by atoms with Crippen molar-refractivity contribution in [1.82, 2.24) is 5.32 Å². The molecule has 1 rings (SSSR count). The molecule has 17 heavy (non-hydrogen) atoms. The molecule has 3 heteroatoms. The second kappa shape index (κ2) is 8.12. The molecule has 0 aliphatic heterocycles. The van der Waals surface area contributed by atoms with Gasteiger partial charge in [0.1, 0.15) is 0 Å². The van der Waals surface area contributed by atoms with Gasteiger partial charge in [-0.3, -0.25) is 4.79 Å². The maximum Gasteiger partial charge on any atom is 0.220 e. The maximum atomic E-state index is 12.0. The number of rotatable bonds is 6. The van der Waals surface area contributed by atoms with Gasteiger partial charge in [-0.1, -0.05) is 49.0 Å². The molecule has 0 radical (unpaired) electrons. The second-order valence-corrected chi connectivity index (χ2v) is 6.40. The molecular weight excluding hydrogens is 278 g/mol. The molecule has 0 saturated heterocycles. The van der Waals surface area contributed by atoms with Gasteiger partial charge in [0.2, 0.25) is 5.91 Å². The van der Waals surface area contributed by atoms with Crippen molar-refractivity contribution in [2.24, 2.45) is 11.8 Å². The molecule has 0 aromatic rings. The summed E-state index contributed by atoms with van der Waals surface area (Å²) in [5, 5.41) is 4.15. The van der Waals surface area contributed by atoms with E-state index in [0.717, 1.165) is 18.2 Å². The predicted molar refractivity (Wildman–Crippen MR) is 76.4 cm³/mol. The van der Waals surface area contributed by atoms with Crippen molar-refractivity contribution < 1.29 is 4.79 Å². The molecular formula is C14H26BrNO. The number of hydrogen-bond acceptors (Lipinski definition) is 1. The lowest BCUT2D eigenvalue weighted by Gasteiger charge is -2.25. The van der Waals surface area contributed by atoms with E-state index < -0.39 is 0 Å². The zero-order valence-corrected chi connectivity index (χ0v) is 12.8. The normalized spacial score (nSPS) is 19.3. The second-order valence-electron chi connectivity index (χ2n) is 5.60. The summed E-state index contributed by atoms with van der Waals surface area (Å²) in [5.74, 6) is 1.42. The monoisotopic (exact) mass is 303 g/mol. The van der Waals surface area contributed by atoms with E-state index in [4.69, 9.17) is 0 Å². The highest BCUT2D eigenvalue weighted by Gasteiger charge is 2.20. The molecule has 1 saturated carbocycles. The molecule has 0 aromatic carbocycles. The molecule has 0 heterocycles. The molecule has 1 N–H and O–H groups in total. The number of nitrogens with one attached hydrogen (secondary N) is 1. The van der Waals surface area contributed by atoms with Crippen LogP contribution in [0.2, 0.25) is 0 Å². The number of halogens is 1. The molecule has 1 unspecified atom stereocenters. The zero-order valence-electron chi connectivity index (χ0n) is 11.2. The van der Waals surface area contributed by atoms with Crippen molar-refractivity contribution in [3.05, 3.63) is 0 Å². The number of hydrogen-bond donors (Lipinski definition) is 1. The van der Waals surface area contributed by atoms with Gasteiger partial charge in [0, 0.05) is 17.8 Å². The van der Waals surface area contributed by atoms with Gasteiger partial charge in [0.25, 0.3) is 0 Å². The summed E-state index contributed by atoms with van der Waals surface area (Å²) in [7, 11) is 0. The van der Waals surface area contributed by atoms with Crippen LogP contribution in [-0.4, -0.2) is 17.3 Å². The molecule has 0 aromatic heterocycles. The summed E-state index contributed by atoms with van der Waals surface area (Å²) in [6.07, 6.45) is 8.24. The van der Waals surface area contributed by atoms with Gasteiger partial charge in [0.05, 0.1) is 0 Å². The van der Waals surface area contributed by atoms with Crippen molar-refractivity contribution in [2.45, 2.75) is 64.8 Å². The van der Waals surface area contributed by atoms with Crippen molar-refractivity contribution in [3.63, 3.8) is 0 Å². The number of carbonyl (C=O) groups excluding carboxylic acids is 1. The first-order valence-corrected chi connectivity index (χ1v) is 8.11. The molecule has 1 aliphatic rings. The lowest BCUT2D eigenvalue weighted by molar-refractivity contribution is -0.123. The smallest absolute Gasteiger partial charge is 0.220 e. The minimum atomic E-state index is 0.261. The van der Waals surface area contributed by atoms with Crippen LogP contribution in [-0.2, 0) is 4.79 Å². The first-order valence-electron chi connectivity index (χ1n) is 6.98. The summed E-state index contributed by atoms with van der Waals surface area (Å²) < 4.78 is 0. The van der Waals surface area contributed by atoms with Gasteiger partial charge in [-0.2, -0.15) is 0 Å². The van der Waals surface area contributed by atoms with Crippen LogP contribution >= 0.6 is 15.9 Å². The molecule has 1 fully saturated rings. The highest BCUT2D eigenvalue weighted by atomic mass is 79.9. The van der Waals surface area contributed by atoms with Gasteiger partial charge >= 0.3 is 0 Å². The Morgan fingerprint density at radius 1 is 1.29 bits per heavy atom. The lowest BCUT2D eigenvalue weighted by atomic mass is 9.86. The van der Waals surface area contributed by atoms with E-state index in [9.17, 15) is 4.79 Å². The van der Waals surface area contributed by atoms with Crippen molar-refractivity contribution in [2.75, 3.05) is 5.33 Å². The van der Waals surface area contributed by atoms with E-state index in [1.807, 2.05) is 0 Å². The number of alkyl halides is 1. The number of carbonyl (C=O) groups is 1. The fourth-order valence-electron chi connectivity index (χ4n) is 2.61. The minimum absolute atomic E-state index is 0.261. The standard InChI is InChI=1S/C14H26BrNO/c1-11(2)13(8-9-15)16-14(17)10-12-6-4-3-5-7-12/h11-13H,3-10H2,1-2H3,(H,16,17). The van der Waals surface area contributed by atoms with E-state index >= 15 is 0 Å². The predicted octanol–water partition coefficient (Wildman–Crippen LogP) is 3.88. The largest absolute Gasteiger partial charge is 0.353 e.